The molecule has 1 aliphatic rings. The summed E-state index contributed by atoms with van der Waals surface area (Å²) in [5.41, 5.74) is 6.18. The van der Waals surface area contributed by atoms with Gasteiger partial charge in [0.2, 0.25) is 0 Å². The van der Waals surface area contributed by atoms with Crippen LogP contribution in [0.3, 0.4) is 0 Å². The third-order valence-electron chi connectivity index (χ3n) is 3.17. The molecule has 0 radical (unpaired) electrons. The highest BCUT2D eigenvalue weighted by atomic mass is 16.4. The number of carboxylic acids is 1. The normalized spacial score (nSPS) is 14.8. The molecule has 0 aromatic carbocycles. The Balaban J connectivity index is 2.35. The number of anilines is 2. The molecule has 1 fully saturated rings. The number of nitrogen functional groups attached to an aromatic ring is 1. The van der Waals surface area contributed by atoms with E-state index in [2.05, 4.69) is 9.88 Å². The van der Waals surface area contributed by atoms with Crippen LogP contribution in [0.4, 0.5) is 11.5 Å². The molecule has 1 saturated carbocycles. The fourth-order valence-electron chi connectivity index (χ4n) is 1.98. The zero-order valence-corrected chi connectivity index (χ0v) is 10.8. The van der Waals surface area contributed by atoms with Crippen molar-refractivity contribution in [1.82, 2.24) is 4.98 Å². The summed E-state index contributed by atoms with van der Waals surface area (Å²) >= 11 is 0. The first-order chi connectivity index (χ1) is 8.49. The standard InChI is InChI=1S/C13H19N3O2/c1-8(2)16(7-9-3-4-9)12-11(13(17)18)5-10(14)6-15-12/h5-6,8-9H,3-4,7,14H2,1-2H3,(H,17,18). The molecule has 1 aromatic rings. The quantitative estimate of drug-likeness (QED) is 0.834. The van der Waals surface area contributed by atoms with Crippen molar-refractivity contribution in [2.45, 2.75) is 32.7 Å². The van der Waals surface area contributed by atoms with E-state index in [1.54, 1.807) is 0 Å². The molecule has 0 amide bonds. The summed E-state index contributed by atoms with van der Waals surface area (Å²) in [4.78, 5) is 17.6. The van der Waals surface area contributed by atoms with E-state index in [0.717, 1.165) is 6.54 Å². The van der Waals surface area contributed by atoms with E-state index >= 15 is 0 Å². The van der Waals surface area contributed by atoms with Gasteiger partial charge in [-0.15, -0.1) is 0 Å². The Kier molecular flexibility index (Phi) is 3.41. The molecule has 3 N–H and O–H groups in total. The average Bonchev–Trinajstić information content (AvgIpc) is 3.09. The van der Waals surface area contributed by atoms with Crippen LogP contribution in [-0.2, 0) is 0 Å². The first kappa shape index (κ1) is 12.7. The van der Waals surface area contributed by atoms with Crippen LogP contribution in [0, 0.1) is 5.92 Å². The van der Waals surface area contributed by atoms with Gasteiger partial charge in [-0.3, -0.25) is 0 Å². The van der Waals surface area contributed by atoms with Gasteiger partial charge in [-0.25, -0.2) is 9.78 Å². The monoisotopic (exact) mass is 249 g/mol. The minimum Gasteiger partial charge on any atom is -0.478 e. The fraction of sp³-hybridized carbons (Fsp3) is 0.538. The maximum atomic E-state index is 11.3. The number of carbonyl (C=O) groups is 1. The lowest BCUT2D eigenvalue weighted by molar-refractivity contribution is 0.0697. The zero-order chi connectivity index (χ0) is 13.3. The summed E-state index contributed by atoms with van der Waals surface area (Å²) in [6, 6.07) is 1.70. The molecule has 1 aromatic heterocycles. The highest BCUT2D eigenvalue weighted by molar-refractivity contribution is 5.94. The van der Waals surface area contributed by atoms with Gasteiger partial charge in [0.25, 0.3) is 0 Å². The third-order valence-corrected chi connectivity index (χ3v) is 3.17. The number of aromatic carboxylic acids is 1. The predicted molar refractivity (Wildman–Crippen MR) is 70.8 cm³/mol. The van der Waals surface area contributed by atoms with Gasteiger partial charge in [0.1, 0.15) is 11.4 Å². The number of hydrogen-bond donors (Lipinski definition) is 2. The molecule has 98 valence electrons. The maximum Gasteiger partial charge on any atom is 0.339 e. The van der Waals surface area contributed by atoms with Crippen molar-refractivity contribution in [1.29, 1.82) is 0 Å². The molecule has 0 atom stereocenters. The molecule has 18 heavy (non-hydrogen) atoms. The van der Waals surface area contributed by atoms with Gasteiger partial charge in [-0.1, -0.05) is 0 Å². The van der Waals surface area contributed by atoms with E-state index in [4.69, 9.17) is 5.73 Å². The molecule has 0 bridgehead atoms. The van der Waals surface area contributed by atoms with Gasteiger partial charge in [-0.2, -0.15) is 0 Å². The molecule has 0 aliphatic heterocycles. The Hall–Kier alpha value is -1.78. The second kappa shape index (κ2) is 4.84. The number of hydrogen-bond acceptors (Lipinski definition) is 4. The average molecular weight is 249 g/mol. The van der Waals surface area contributed by atoms with Crippen molar-refractivity contribution in [3.05, 3.63) is 17.8 Å². The van der Waals surface area contributed by atoms with Gasteiger partial charge in [-0.05, 0) is 38.7 Å². The fourth-order valence-corrected chi connectivity index (χ4v) is 1.98. The Morgan fingerprint density at radius 1 is 1.61 bits per heavy atom. The second-order valence-electron chi connectivity index (χ2n) is 5.13. The third kappa shape index (κ3) is 2.72. The van der Waals surface area contributed by atoms with E-state index in [-0.39, 0.29) is 11.6 Å². The van der Waals surface area contributed by atoms with Crippen LogP contribution in [0.5, 0.6) is 0 Å². The predicted octanol–water partition coefficient (Wildman–Crippen LogP) is 1.99. The first-order valence-corrected chi connectivity index (χ1v) is 6.24. The van der Waals surface area contributed by atoms with Crippen LogP contribution in [-0.4, -0.2) is 28.6 Å². The minimum atomic E-state index is -0.980. The van der Waals surface area contributed by atoms with E-state index in [1.165, 1.54) is 25.1 Å². The smallest absolute Gasteiger partial charge is 0.339 e. The highest BCUT2D eigenvalue weighted by Gasteiger charge is 2.28. The van der Waals surface area contributed by atoms with Crippen molar-refractivity contribution in [3.8, 4) is 0 Å². The van der Waals surface area contributed by atoms with Crippen molar-refractivity contribution in [2.75, 3.05) is 17.2 Å². The Morgan fingerprint density at radius 2 is 2.28 bits per heavy atom. The van der Waals surface area contributed by atoms with E-state index < -0.39 is 5.97 Å². The number of nitrogens with two attached hydrogens (primary N) is 1. The van der Waals surface area contributed by atoms with Gasteiger partial charge < -0.3 is 15.7 Å². The van der Waals surface area contributed by atoms with Gasteiger partial charge >= 0.3 is 5.97 Å². The largest absolute Gasteiger partial charge is 0.478 e. The maximum absolute atomic E-state index is 11.3. The van der Waals surface area contributed by atoms with Crippen molar-refractivity contribution in [2.24, 2.45) is 5.92 Å². The highest BCUT2D eigenvalue weighted by Crippen LogP contribution is 2.33. The van der Waals surface area contributed by atoms with Crippen molar-refractivity contribution >= 4 is 17.5 Å². The topological polar surface area (TPSA) is 79.5 Å². The molecule has 2 rings (SSSR count). The summed E-state index contributed by atoms with van der Waals surface area (Å²) in [5, 5.41) is 9.25. The summed E-state index contributed by atoms with van der Waals surface area (Å²) in [7, 11) is 0. The second-order valence-corrected chi connectivity index (χ2v) is 5.13. The summed E-state index contributed by atoms with van der Waals surface area (Å²) in [6.45, 7) is 4.97. The van der Waals surface area contributed by atoms with Crippen LogP contribution >= 0.6 is 0 Å². The van der Waals surface area contributed by atoms with Crippen molar-refractivity contribution in [3.63, 3.8) is 0 Å². The molecule has 1 heterocycles. The lowest BCUT2D eigenvalue weighted by Gasteiger charge is -2.29. The molecule has 0 unspecified atom stereocenters. The Bertz CT molecular complexity index is 456. The van der Waals surface area contributed by atoms with E-state index in [9.17, 15) is 9.90 Å². The van der Waals surface area contributed by atoms with Gasteiger partial charge in [0, 0.05) is 12.6 Å². The Morgan fingerprint density at radius 3 is 2.78 bits per heavy atom. The van der Waals surface area contributed by atoms with Crippen LogP contribution in [0.1, 0.15) is 37.0 Å². The van der Waals surface area contributed by atoms with E-state index in [0.29, 0.717) is 17.4 Å². The number of rotatable bonds is 5. The summed E-state index contributed by atoms with van der Waals surface area (Å²) < 4.78 is 0. The van der Waals surface area contributed by atoms with E-state index in [1.807, 2.05) is 13.8 Å². The first-order valence-electron chi connectivity index (χ1n) is 6.24. The van der Waals surface area contributed by atoms with Crippen LogP contribution in [0.25, 0.3) is 0 Å². The SMILES string of the molecule is CC(C)N(CC1CC1)c1ncc(N)cc1C(=O)O. The number of pyridine rings is 1. The Labute approximate surface area is 107 Å². The summed E-state index contributed by atoms with van der Waals surface area (Å²) in [6.07, 6.45) is 3.96. The molecule has 0 saturated heterocycles. The van der Waals surface area contributed by atoms with Crippen molar-refractivity contribution < 1.29 is 9.90 Å². The summed E-state index contributed by atoms with van der Waals surface area (Å²) in [5.74, 6) is 0.221. The molecule has 5 nitrogen and oxygen atoms in total. The van der Waals surface area contributed by atoms with Crippen LogP contribution < -0.4 is 10.6 Å². The van der Waals surface area contributed by atoms with Gasteiger partial charge in [0.05, 0.1) is 11.9 Å². The molecule has 1 aliphatic carbocycles. The molecule has 0 spiro atoms. The van der Waals surface area contributed by atoms with Crippen LogP contribution in [0.2, 0.25) is 0 Å². The lowest BCUT2D eigenvalue weighted by atomic mass is 10.2. The van der Waals surface area contributed by atoms with Gasteiger partial charge in [0.15, 0.2) is 0 Å². The zero-order valence-electron chi connectivity index (χ0n) is 10.8. The minimum absolute atomic E-state index is 0.185. The lowest BCUT2D eigenvalue weighted by Crippen LogP contribution is -2.34. The number of nitrogens with zero attached hydrogens (tertiary/aromatic N) is 2. The molecule has 5 heteroatoms. The number of carboxylic acid groups (broad SMARTS) is 1. The number of aromatic nitrogens is 1. The molecular weight excluding hydrogens is 230 g/mol. The van der Waals surface area contributed by atoms with Crippen LogP contribution in [0.15, 0.2) is 12.3 Å². The molecular formula is C13H19N3O2.